The molecule has 144 valence electrons. The minimum absolute atomic E-state index is 0.0997. The van der Waals surface area contributed by atoms with Crippen molar-refractivity contribution in [1.82, 2.24) is 9.99 Å². The quantitative estimate of drug-likeness (QED) is 0.396. The number of rotatable bonds is 5. The first-order chi connectivity index (χ1) is 14.1. The normalized spacial score (nSPS) is 11.2. The minimum atomic E-state index is -0.358. The van der Waals surface area contributed by atoms with Gasteiger partial charge in [-0.25, -0.2) is 9.82 Å². The number of nitrogens with zero attached hydrogens (tertiary/aromatic N) is 2. The van der Waals surface area contributed by atoms with Crippen molar-refractivity contribution < 1.29 is 14.3 Å². The molecule has 3 aromatic carbocycles. The first kappa shape index (κ1) is 18.4. The molecule has 4 rings (SSSR count). The molecule has 0 atom stereocenters. The summed E-state index contributed by atoms with van der Waals surface area (Å²) in [5.41, 5.74) is 5.63. The number of halogens is 1. The van der Waals surface area contributed by atoms with E-state index in [1.807, 2.05) is 36.5 Å². The number of hydrazone groups is 1. The largest absolute Gasteiger partial charge is 0.508 e. The number of aromatic hydroxyl groups is 1. The summed E-state index contributed by atoms with van der Waals surface area (Å²) in [5.74, 6) is -0.502. The molecule has 1 aromatic heterocycles. The van der Waals surface area contributed by atoms with Crippen molar-refractivity contribution in [3.8, 4) is 5.75 Å². The van der Waals surface area contributed by atoms with Gasteiger partial charge in [-0.05, 0) is 65.7 Å². The van der Waals surface area contributed by atoms with E-state index in [2.05, 4.69) is 15.1 Å². The van der Waals surface area contributed by atoms with Crippen LogP contribution in [0.1, 0.15) is 21.5 Å². The zero-order chi connectivity index (χ0) is 20.2. The van der Waals surface area contributed by atoms with Crippen molar-refractivity contribution in [3.63, 3.8) is 0 Å². The first-order valence-corrected chi connectivity index (χ1v) is 9.04. The highest BCUT2D eigenvalue weighted by atomic mass is 19.1. The maximum atomic E-state index is 13.4. The first-order valence-electron chi connectivity index (χ1n) is 9.04. The Morgan fingerprint density at radius 1 is 1.07 bits per heavy atom. The number of carbonyl (C=O) groups is 1. The molecule has 0 saturated heterocycles. The molecule has 1 amide bonds. The number of benzene rings is 3. The highest BCUT2D eigenvalue weighted by Gasteiger charge is 2.05. The number of hydrogen-bond donors (Lipinski definition) is 2. The minimum Gasteiger partial charge on any atom is -0.508 e. The molecule has 6 heteroatoms. The van der Waals surface area contributed by atoms with Gasteiger partial charge in [-0.15, -0.1) is 0 Å². The standard InChI is InChI=1S/C23H18FN3O2/c24-20-3-1-2-17(13-20)15-27-11-10-19-12-16(4-9-22(19)27)14-25-26-23(29)18-5-7-21(28)8-6-18/h1-14,28H,15H2,(H,26,29)/b25-14+. The van der Waals surface area contributed by atoms with E-state index < -0.39 is 0 Å². The maximum absolute atomic E-state index is 13.4. The zero-order valence-electron chi connectivity index (χ0n) is 15.4. The lowest BCUT2D eigenvalue weighted by Crippen LogP contribution is -2.17. The molecule has 2 N–H and O–H groups in total. The summed E-state index contributed by atoms with van der Waals surface area (Å²) in [6, 6.07) is 20.3. The van der Waals surface area contributed by atoms with Crippen molar-refractivity contribution >= 4 is 23.0 Å². The summed E-state index contributed by atoms with van der Waals surface area (Å²) in [6.07, 6.45) is 3.53. The van der Waals surface area contributed by atoms with E-state index in [0.29, 0.717) is 12.1 Å². The topological polar surface area (TPSA) is 66.6 Å². The summed E-state index contributed by atoms with van der Waals surface area (Å²) in [5, 5.41) is 14.3. The fourth-order valence-electron chi connectivity index (χ4n) is 3.11. The zero-order valence-corrected chi connectivity index (χ0v) is 15.4. The van der Waals surface area contributed by atoms with Crippen LogP contribution < -0.4 is 5.43 Å². The second-order valence-electron chi connectivity index (χ2n) is 6.64. The lowest BCUT2D eigenvalue weighted by Gasteiger charge is -2.06. The Kier molecular flexibility index (Phi) is 5.07. The molecule has 29 heavy (non-hydrogen) atoms. The van der Waals surface area contributed by atoms with E-state index in [1.54, 1.807) is 12.3 Å². The van der Waals surface area contributed by atoms with Gasteiger partial charge in [0.05, 0.1) is 6.21 Å². The smallest absolute Gasteiger partial charge is 0.271 e. The van der Waals surface area contributed by atoms with Gasteiger partial charge < -0.3 is 9.67 Å². The van der Waals surface area contributed by atoms with Gasteiger partial charge in [0.25, 0.3) is 5.91 Å². The van der Waals surface area contributed by atoms with Gasteiger partial charge in [-0.3, -0.25) is 4.79 Å². The summed E-state index contributed by atoms with van der Waals surface area (Å²) in [6.45, 7) is 0.581. The van der Waals surface area contributed by atoms with E-state index in [1.165, 1.54) is 36.4 Å². The molecule has 5 nitrogen and oxygen atoms in total. The van der Waals surface area contributed by atoms with Crippen molar-refractivity contribution in [1.29, 1.82) is 0 Å². The van der Waals surface area contributed by atoms with Gasteiger partial charge in [0, 0.05) is 29.2 Å². The van der Waals surface area contributed by atoms with E-state index >= 15 is 0 Å². The van der Waals surface area contributed by atoms with E-state index in [4.69, 9.17) is 0 Å². The van der Waals surface area contributed by atoms with Gasteiger partial charge in [-0.2, -0.15) is 5.10 Å². The molecular formula is C23H18FN3O2. The molecule has 0 spiro atoms. The van der Waals surface area contributed by atoms with Crippen LogP contribution in [-0.4, -0.2) is 21.8 Å². The molecule has 0 aliphatic carbocycles. The van der Waals surface area contributed by atoms with Crippen molar-refractivity contribution in [2.75, 3.05) is 0 Å². The predicted molar refractivity (Wildman–Crippen MR) is 111 cm³/mol. The molecule has 1 heterocycles. The fourth-order valence-corrected chi connectivity index (χ4v) is 3.11. The Morgan fingerprint density at radius 3 is 2.69 bits per heavy atom. The molecule has 0 unspecified atom stereocenters. The molecular weight excluding hydrogens is 369 g/mol. The number of fused-ring (bicyclic) bond motifs is 1. The van der Waals surface area contributed by atoms with E-state index in [0.717, 1.165) is 22.0 Å². The van der Waals surface area contributed by atoms with Crippen LogP contribution >= 0.6 is 0 Å². The lowest BCUT2D eigenvalue weighted by molar-refractivity contribution is 0.0955. The van der Waals surface area contributed by atoms with Gasteiger partial charge in [0.2, 0.25) is 0 Å². The van der Waals surface area contributed by atoms with E-state index in [-0.39, 0.29) is 17.5 Å². The molecule has 0 radical (unpaired) electrons. The number of aromatic nitrogens is 1. The Morgan fingerprint density at radius 2 is 1.90 bits per heavy atom. The third-order valence-electron chi connectivity index (χ3n) is 4.55. The van der Waals surface area contributed by atoms with Crippen LogP contribution in [0.4, 0.5) is 4.39 Å². The summed E-state index contributed by atoms with van der Waals surface area (Å²) in [4.78, 5) is 12.0. The Balaban J connectivity index is 1.46. The molecule has 0 aliphatic heterocycles. The monoisotopic (exact) mass is 387 g/mol. The number of amides is 1. The highest BCUT2D eigenvalue weighted by molar-refractivity contribution is 5.95. The number of hydrogen-bond acceptors (Lipinski definition) is 3. The number of nitrogens with one attached hydrogen (secondary N) is 1. The second-order valence-corrected chi connectivity index (χ2v) is 6.64. The van der Waals surface area contributed by atoms with Gasteiger partial charge in [0.1, 0.15) is 11.6 Å². The summed E-state index contributed by atoms with van der Waals surface area (Å²) >= 11 is 0. The Labute approximate surface area is 166 Å². The number of phenols is 1. The molecule has 0 bridgehead atoms. The van der Waals surface area contributed by atoms with Crippen LogP contribution in [0.2, 0.25) is 0 Å². The van der Waals surface area contributed by atoms with Crippen molar-refractivity contribution in [3.05, 3.63) is 102 Å². The number of phenolic OH excluding ortho intramolecular Hbond substituents is 1. The average Bonchev–Trinajstić information content (AvgIpc) is 3.10. The second kappa shape index (κ2) is 7.98. The third-order valence-corrected chi connectivity index (χ3v) is 4.55. The van der Waals surface area contributed by atoms with Gasteiger partial charge >= 0.3 is 0 Å². The van der Waals surface area contributed by atoms with Crippen molar-refractivity contribution in [2.24, 2.45) is 5.10 Å². The molecule has 0 fully saturated rings. The van der Waals surface area contributed by atoms with Gasteiger partial charge in [0.15, 0.2) is 0 Å². The van der Waals surface area contributed by atoms with Crippen LogP contribution in [0.25, 0.3) is 10.9 Å². The van der Waals surface area contributed by atoms with Crippen molar-refractivity contribution in [2.45, 2.75) is 6.54 Å². The van der Waals surface area contributed by atoms with Crippen LogP contribution in [0.5, 0.6) is 5.75 Å². The molecule has 0 saturated carbocycles. The molecule has 4 aromatic rings. The maximum Gasteiger partial charge on any atom is 0.271 e. The fraction of sp³-hybridized carbons (Fsp3) is 0.0435. The Hall–Kier alpha value is -3.93. The predicted octanol–water partition coefficient (Wildman–Crippen LogP) is 4.30. The third kappa shape index (κ3) is 4.32. The molecule has 0 aliphatic rings. The average molecular weight is 387 g/mol. The van der Waals surface area contributed by atoms with Crippen LogP contribution in [-0.2, 0) is 6.54 Å². The lowest BCUT2D eigenvalue weighted by atomic mass is 10.1. The van der Waals surface area contributed by atoms with Gasteiger partial charge in [-0.1, -0.05) is 18.2 Å². The van der Waals surface area contributed by atoms with E-state index in [9.17, 15) is 14.3 Å². The van der Waals surface area contributed by atoms with Crippen LogP contribution in [0, 0.1) is 5.82 Å². The summed E-state index contributed by atoms with van der Waals surface area (Å²) in [7, 11) is 0. The summed E-state index contributed by atoms with van der Waals surface area (Å²) < 4.78 is 15.5. The van der Waals surface area contributed by atoms with Crippen LogP contribution in [0.15, 0.2) is 84.1 Å². The Bertz CT molecular complexity index is 1200. The number of carbonyl (C=O) groups excluding carboxylic acids is 1. The SMILES string of the molecule is O=C(N/N=C/c1ccc2c(ccn2Cc2cccc(F)c2)c1)c1ccc(O)cc1. The highest BCUT2D eigenvalue weighted by Crippen LogP contribution is 2.19. The van der Waals surface area contributed by atoms with Crippen LogP contribution in [0.3, 0.4) is 0 Å².